The van der Waals surface area contributed by atoms with Crippen molar-refractivity contribution in [3.63, 3.8) is 0 Å². The minimum atomic E-state index is -0.349. The summed E-state index contributed by atoms with van der Waals surface area (Å²) in [5, 5.41) is 4.00. The van der Waals surface area contributed by atoms with Gasteiger partial charge in [0.25, 0.3) is 11.4 Å². The molecule has 0 atom stereocenters. The zero-order valence-electron chi connectivity index (χ0n) is 21.0. The van der Waals surface area contributed by atoms with Crippen LogP contribution in [0.25, 0.3) is 34.0 Å². The van der Waals surface area contributed by atoms with Crippen molar-refractivity contribution >= 4 is 11.2 Å². The van der Waals surface area contributed by atoms with Gasteiger partial charge in [0.15, 0.2) is 12.3 Å². The van der Waals surface area contributed by atoms with Gasteiger partial charge < -0.3 is 14.2 Å². The van der Waals surface area contributed by atoms with Gasteiger partial charge in [-0.15, -0.1) is 0 Å². The lowest BCUT2D eigenvalue weighted by molar-refractivity contribution is 0.287. The number of ether oxygens (including phenoxy) is 1. The predicted octanol–water partition coefficient (Wildman–Crippen LogP) is 4.31. The highest BCUT2D eigenvalue weighted by Gasteiger charge is 2.17. The van der Waals surface area contributed by atoms with Crippen LogP contribution in [0.5, 0.6) is 5.75 Å². The molecule has 3 aromatic heterocycles. The molecular weight excluding hydrogens is 472 g/mol. The van der Waals surface area contributed by atoms with E-state index < -0.39 is 0 Å². The molecule has 5 rings (SSSR count). The summed E-state index contributed by atoms with van der Waals surface area (Å²) in [6, 6.07) is 15.1. The highest BCUT2D eigenvalue weighted by atomic mass is 16.5. The van der Waals surface area contributed by atoms with Crippen molar-refractivity contribution in [2.24, 2.45) is 0 Å². The Hall–Kier alpha value is -4.47. The first kappa shape index (κ1) is 24.2. The lowest BCUT2D eigenvalue weighted by Gasteiger charge is -2.09. The summed E-state index contributed by atoms with van der Waals surface area (Å²) >= 11 is 0. The fourth-order valence-electron chi connectivity index (χ4n) is 4.21. The van der Waals surface area contributed by atoms with E-state index in [1.165, 1.54) is 4.57 Å². The Morgan fingerprint density at radius 2 is 1.70 bits per heavy atom. The van der Waals surface area contributed by atoms with Gasteiger partial charge in [-0.2, -0.15) is 4.98 Å². The number of benzene rings is 2. The van der Waals surface area contributed by atoms with Gasteiger partial charge >= 0.3 is 5.69 Å². The van der Waals surface area contributed by atoms with Crippen molar-refractivity contribution in [3.8, 4) is 28.6 Å². The number of H-pyrrole nitrogens is 1. The number of imidazole rings is 1. The smallest absolute Gasteiger partial charge is 0.332 e. The molecule has 3 heterocycles. The highest BCUT2D eigenvalue weighted by molar-refractivity contribution is 5.75. The Labute approximate surface area is 212 Å². The molecule has 1 N–H and O–H groups in total. The van der Waals surface area contributed by atoms with E-state index in [-0.39, 0.29) is 17.9 Å². The van der Waals surface area contributed by atoms with E-state index in [1.807, 2.05) is 57.2 Å². The largest absolute Gasteiger partial charge is 0.485 e. The van der Waals surface area contributed by atoms with Crippen LogP contribution in [-0.2, 0) is 19.7 Å². The molecule has 0 amide bonds. The van der Waals surface area contributed by atoms with E-state index in [2.05, 4.69) is 20.1 Å². The van der Waals surface area contributed by atoms with Gasteiger partial charge in [-0.05, 0) is 56.2 Å². The topological polar surface area (TPSA) is 121 Å². The highest BCUT2D eigenvalue weighted by Crippen LogP contribution is 2.23. The monoisotopic (exact) mass is 500 g/mol. The summed E-state index contributed by atoms with van der Waals surface area (Å²) in [6.45, 7) is 6.93. The van der Waals surface area contributed by atoms with E-state index in [1.54, 1.807) is 16.7 Å². The summed E-state index contributed by atoms with van der Waals surface area (Å²) in [7, 11) is 0. The van der Waals surface area contributed by atoms with Crippen molar-refractivity contribution in [3.05, 3.63) is 80.8 Å². The maximum absolute atomic E-state index is 13.0. The summed E-state index contributed by atoms with van der Waals surface area (Å²) < 4.78 is 14.0. The molecule has 10 heteroatoms. The number of nitrogens with one attached hydrogen (secondary N) is 1. The summed E-state index contributed by atoms with van der Waals surface area (Å²) in [4.78, 5) is 38.0. The molecule has 0 unspecified atom stereocenters. The van der Waals surface area contributed by atoms with Crippen molar-refractivity contribution in [1.29, 1.82) is 0 Å². The molecule has 37 heavy (non-hydrogen) atoms. The molecule has 5 aromatic rings. The molecule has 0 saturated carbocycles. The second kappa shape index (κ2) is 10.3. The normalized spacial score (nSPS) is 11.3. The fourth-order valence-corrected chi connectivity index (χ4v) is 4.21. The molecule has 0 aliphatic heterocycles. The lowest BCUT2D eigenvalue weighted by atomic mass is 10.1. The minimum absolute atomic E-state index is 0.152. The van der Waals surface area contributed by atoms with Crippen molar-refractivity contribution in [1.82, 2.24) is 29.2 Å². The number of hydrogen-bond acceptors (Lipinski definition) is 7. The number of rotatable bonds is 9. The van der Waals surface area contributed by atoms with Crippen LogP contribution in [0.15, 0.2) is 62.6 Å². The molecule has 0 aliphatic rings. The van der Waals surface area contributed by atoms with E-state index in [9.17, 15) is 9.59 Å². The molecule has 0 aliphatic carbocycles. The molecule has 190 valence electrons. The summed E-state index contributed by atoms with van der Waals surface area (Å²) in [5.74, 6) is 2.02. The van der Waals surface area contributed by atoms with Crippen LogP contribution in [0.3, 0.4) is 0 Å². The molecule has 0 spiro atoms. The van der Waals surface area contributed by atoms with Crippen LogP contribution in [-0.4, -0.2) is 29.2 Å². The maximum Gasteiger partial charge on any atom is 0.332 e. The number of aryl methyl sites for hydroxylation is 2. The van der Waals surface area contributed by atoms with Crippen molar-refractivity contribution in [2.45, 2.75) is 53.3 Å². The van der Waals surface area contributed by atoms with E-state index in [4.69, 9.17) is 9.26 Å². The first-order valence-corrected chi connectivity index (χ1v) is 12.3. The number of aromatic nitrogens is 6. The number of nitrogens with zero attached hydrogens (tertiary/aromatic N) is 5. The Bertz CT molecular complexity index is 1660. The lowest BCUT2D eigenvalue weighted by Crippen LogP contribution is -2.40. The molecule has 10 nitrogen and oxygen atoms in total. The molecule has 2 aromatic carbocycles. The van der Waals surface area contributed by atoms with Crippen LogP contribution < -0.4 is 16.0 Å². The third-order valence-corrected chi connectivity index (χ3v) is 5.98. The molecular formula is C27H28N6O4. The van der Waals surface area contributed by atoms with Crippen LogP contribution in [0.1, 0.15) is 38.1 Å². The van der Waals surface area contributed by atoms with Gasteiger partial charge in [0, 0.05) is 24.2 Å². The third kappa shape index (κ3) is 4.82. The Kier molecular flexibility index (Phi) is 6.72. The standard InChI is InChI=1S/C27H28N6O4/c1-4-13-32-24-22(26(34)33(14-5-2)27(32)35)29-23(30-24)18-9-11-20(12-10-18)36-16-21-28-25(37-31-21)19-8-6-7-17(3)15-19/h6-12,15H,4-5,13-14,16H2,1-3H3,(H,29,30). The average Bonchev–Trinajstić information content (AvgIpc) is 3.56. The van der Waals surface area contributed by atoms with Gasteiger partial charge in [0.2, 0.25) is 5.82 Å². The second-order valence-corrected chi connectivity index (χ2v) is 8.87. The van der Waals surface area contributed by atoms with Gasteiger partial charge in [-0.25, -0.2) is 9.78 Å². The Balaban J connectivity index is 1.35. The van der Waals surface area contributed by atoms with E-state index in [0.717, 1.165) is 23.1 Å². The molecule has 0 fully saturated rings. The zero-order valence-corrected chi connectivity index (χ0v) is 21.0. The molecule has 0 radical (unpaired) electrons. The first-order valence-electron chi connectivity index (χ1n) is 12.3. The SMILES string of the molecule is CCCn1c(=O)c2[nH]c(-c3ccc(OCc4noc(-c5cccc(C)c5)n4)cc3)nc2n(CCC)c1=O. The quantitative estimate of drug-likeness (QED) is 0.320. The zero-order chi connectivity index (χ0) is 25.9. The van der Waals surface area contributed by atoms with Crippen molar-refractivity contribution in [2.75, 3.05) is 0 Å². The Morgan fingerprint density at radius 1 is 0.946 bits per heavy atom. The predicted molar refractivity (Wildman–Crippen MR) is 139 cm³/mol. The fraction of sp³-hybridized carbons (Fsp3) is 0.296. The second-order valence-electron chi connectivity index (χ2n) is 8.87. The van der Waals surface area contributed by atoms with E-state index in [0.29, 0.717) is 54.0 Å². The number of fused-ring (bicyclic) bond motifs is 1. The van der Waals surface area contributed by atoms with Crippen molar-refractivity contribution < 1.29 is 9.26 Å². The first-order chi connectivity index (χ1) is 18.0. The van der Waals surface area contributed by atoms with Crippen LogP contribution in [0.4, 0.5) is 0 Å². The average molecular weight is 501 g/mol. The van der Waals surface area contributed by atoms with Gasteiger partial charge in [-0.3, -0.25) is 13.9 Å². The maximum atomic E-state index is 13.0. The van der Waals surface area contributed by atoms with E-state index >= 15 is 0 Å². The minimum Gasteiger partial charge on any atom is -0.485 e. The third-order valence-electron chi connectivity index (χ3n) is 5.98. The van der Waals surface area contributed by atoms with Gasteiger partial charge in [0.05, 0.1) is 0 Å². The van der Waals surface area contributed by atoms with Crippen LogP contribution in [0.2, 0.25) is 0 Å². The number of hydrogen-bond donors (Lipinski definition) is 1. The van der Waals surface area contributed by atoms with Crippen LogP contribution in [0, 0.1) is 6.92 Å². The van der Waals surface area contributed by atoms with Crippen LogP contribution >= 0.6 is 0 Å². The van der Waals surface area contributed by atoms with Gasteiger partial charge in [0.1, 0.15) is 17.1 Å². The number of aromatic amines is 1. The molecule has 0 bridgehead atoms. The summed E-state index contributed by atoms with van der Waals surface area (Å²) in [6.07, 6.45) is 1.44. The molecule has 0 saturated heterocycles. The van der Waals surface area contributed by atoms with Gasteiger partial charge in [-0.1, -0.05) is 36.7 Å². The summed E-state index contributed by atoms with van der Waals surface area (Å²) in [5.41, 5.74) is 2.77. The Morgan fingerprint density at radius 3 is 2.43 bits per heavy atom.